The van der Waals surface area contributed by atoms with Crippen LogP contribution in [0.4, 0.5) is 5.69 Å². The van der Waals surface area contributed by atoms with Crippen molar-refractivity contribution in [2.45, 2.75) is 71.1 Å². The summed E-state index contributed by atoms with van der Waals surface area (Å²) in [5.41, 5.74) is 7.38. The summed E-state index contributed by atoms with van der Waals surface area (Å²) >= 11 is 0. The Kier molecular flexibility index (Phi) is 16.3. The number of amides is 3. The Morgan fingerprint density at radius 2 is 1.69 bits per heavy atom. The van der Waals surface area contributed by atoms with Crippen LogP contribution < -0.4 is 30.6 Å². The zero-order chi connectivity index (χ0) is 47.4. The number of nitrogens with zero attached hydrogens (tertiary/aromatic N) is 6. The molecule has 0 aliphatic carbocycles. The number of piperazine rings is 1. The minimum absolute atomic E-state index is 0.00552. The van der Waals surface area contributed by atoms with Gasteiger partial charge in [-0.05, 0) is 92.6 Å². The third kappa shape index (κ3) is 12.2. The number of methoxy groups -OCH3 is 1. The van der Waals surface area contributed by atoms with Gasteiger partial charge in [-0.3, -0.25) is 29.1 Å². The van der Waals surface area contributed by atoms with E-state index < -0.39 is 0 Å². The van der Waals surface area contributed by atoms with Gasteiger partial charge in [0.25, 0.3) is 17.4 Å². The van der Waals surface area contributed by atoms with E-state index in [0.717, 1.165) is 96.0 Å². The number of H-pyrrole nitrogens is 1. The van der Waals surface area contributed by atoms with Crippen LogP contribution in [0, 0.1) is 0 Å². The molecule has 0 spiro atoms. The number of hydrogen-bond donors (Lipinski definition) is 3. The van der Waals surface area contributed by atoms with Gasteiger partial charge in [0.1, 0.15) is 17.2 Å². The molecule has 16 nitrogen and oxygen atoms in total. The van der Waals surface area contributed by atoms with Crippen molar-refractivity contribution in [2.75, 3.05) is 90.7 Å². The van der Waals surface area contributed by atoms with Crippen LogP contribution in [0.15, 0.2) is 83.9 Å². The van der Waals surface area contributed by atoms with Gasteiger partial charge in [0.2, 0.25) is 5.91 Å². The lowest BCUT2D eigenvalue weighted by molar-refractivity contribution is -0.131. The molecule has 3 aliphatic rings. The number of likely N-dealkylation sites (tertiary alicyclic amines) is 2. The normalized spacial score (nSPS) is 17.0. The molecule has 2 aromatic carbocycles. The molecule has 0 unspecified atom stereocenters. The topological polar surface area (TPSA) is 175 Å². The number of hydrogen-bond acceptors (Lipinski definition) is 12. The molecule has 3 aromatic heterocycles. The third-order valence-corrected chi connectivity index (χ3v) is 13.3. The van der Waals surface area contributed by atoms with E-state index >= 15 is 0 Å². The summed E-state index contributed by atoms with van der Waals surface area (Å²) in [5, 5.41) is 6.30. The largest absolute Gasteiger partial charge is 0.497 e. The average molecular weight is 928 g/mol. The second-order valence-electron chi connectivity index (χ2n) is 17.9. The zero-order valence-electron chi connectivity index (χ0n) is 39.6. The van der Waals surface area contributed by atoms with Crippen LogP contribution in [0.5, 0.6) is 11.5 Å². The van der Waals surface area contributed by atoms with E-state index in [-0.39, 0.29) is 41.8 Å². The summed E-state index contributed by atoms with van der Waals surface area (Å²) in [7, 11) is 1.62. The lowest BCUT2D eigenvalue weighted by Crippen LogP contribution is -2.46. The number of anilines is 1. The summed E-state index contributed by atoms with van der Waals surface area (Å²) in [6, 6.07) is 21.1. The highest BCUT2D eigenvalue weighted by Gasteiger charge is 2.27. The predicted octanol–water partition coefficient (Wildman–Crippen LogP) is 5.16. The number of aromatic nitrogens is 3. The average Bonchev–Trinajstić information content (AvgIpc) is 3.38. The van der Waals surface area contributed by atoms with Crippen LogP contribution in [0.2, 0.25) is 0 Å². The second-order valence-corrected chi connectivity index (χ2v) is 17.9. The lowest BCUT2D eigenvalue weighted by Gasteiger charge is -2.36. The number of carbonyl (C=O) groups is 3. The smallest absolute Gasteiger partial charge is 0.272 e. The first-order chi connectivity index (χ1) is 33.2. The van der Waals surface area contributed by atoms with Gasteiger partial charge in [-0.15, -0.1) is 0 Å². The quantitative estimate of drug-likeness (QED) is 0.0988. The van der Waals surface area contributed by atoms with Crippen molar-refractivity contribution in [2.24, 2.45) is 0 Å². The van der Waals surface area contributed by atoms with Crippen LogP contribution in [-0.2, 0) is 29.0 Å². The van der Waals surface area contributed by atoms with Crippen molar-refractivity contribution in [3.05, 3.63) is 123 Å². The number of carbonyl (C=O) groups excluding carboxylic acids is 3. The zero-order valence-corrected chi connectivity index (χ0v) is 39.6. The van der Waals surface area contributed by atoms with Crippen molar-refractivity contribution in [3.63, 3.8) is 0 Å². The molecule has 3 fully saturated rings. The molecular formula is C52H65N9O7. The minimum atomic E-state index is -0.157. The monoisotopic (exact) mass is 928 g/mol. The first kappa shape index (κ1) is 48.1. The van der Waals surface area contributed by atoms with E-state index in [4.69, 9.17) is 14.2 Å². The number of ether oxygens (including phenoxy) is 3. The maximum Gasteiger partial charge on any atom is 0.272 e. The fraction of sp³-hybridized carbons (Fsp3) is 0.462. The number of pyridine rings is 3. The first-order valence-corrected chi connectivity index (χ1v) is 24.2. The van der Waals surface area contributed by atoms with Crippen LogP contribution in [-0.4, -0.2) is 139 Å². The van der Waals surface area contributed by atoms with Gasteiger partial charge in [0.05, 0.1) is 55.9 Å². The van der Waals surface area contributed by atoms with Gasteiger partial charge in [-0.1, -0.05) is 25.1 Å². The summed E-state index contributed by atoms with van der Waals surface area (Å²) in [4.78, 5) is 72.8. The molecule has 0 radical (unpaired) electrons. The molecule has 16 heteroatoms. The van der Waals surface area contributed by atoms with Crippen molar-refractivity contribution in [1.82, 2.24) is 40.3 Å². The molecule has 3 amide bonds. The van der Waals surface area contributed by atoms with E-state index in [1.54, 1.807) is 13.3 Å². The Balaban J connectivity index is 0.716. The summed E-state index contributed by atoms with van der Waals surface area (Å²) in [6.07, 6.45) is 7.65. The van der Waals surface area contributed by atoms with Crippen LogP contribution in [0.1, 0.15) is 88.5 Å². The summed E-state index contributed by atoms with van der Waals surface area (Å²) < 4.78 is 17.3. The SMILES string of the molecule is CCOc1cc(OC)ccc1CNCC(=O)N1CCC[C@H](c2cccc(C(=O)NCCOC3CCN(C(=O)c4ccc(N5CCN(Cc6cnc7cc(CC)c(=O)[nH]c7c6)CC5)cn4)CC3)c2)C1. The first-order valence-electron chi connectivity index (χ1n) is 24.2. The molecular weight excluding hydrogens is 863 g/mol. The van der Waals surface area contributed by atoms with E-state index in [9.17, 15) is 19.2 Å². The highest BCUT2D eigenvalue weighted by atomic mass is 16.5. The fourth-order valence-corrected chi connectivity index (χ4v) is 9.44. The number of nitrogens with one attached hydrogen (secondary N) is 3. The van der Waals surface area contributed by atoms with Gasteiger partial charge < -0.3 is 44.5 Å². The van der Waals surface area contributed by atoms with Crippen LogP contribution >= 0.6 is 0 Å². The summed E-state index contributed by atoms with van der Waals surface area (Å²) in [6.45, 7) is 12.6. The van der Waals surface area contributed by atoms with E-state index in [2.05, 4.69) is 35.4 Å². The molecule has 0 bridgehead atoms. The second kappa shape index (κ2) is 23.1. The predicted molar refractivity (Wildman–Crippen MR) is 262 cm³/mol. The number of benzene rings is 2. The molecule has 3 N–H and O–H groups in total. The van der Waals surface area contributed by atoms with E-state index in [1.807, 2.05) is 96.6 Å². The minimum Gasteiger partial charge on any atom is -0.497 e. The Morgan fingerprint density at radius 1 is 0.853 bits per heavy atom. The molecule has 3 saturated heterocycles. The Bertz CT molecular complexity index is 2570. The molecule has 1 atom stereocenters. The van der Waals surface area contributed by atoms with Crippen molar-refractivity contribution in [3.8, 4) is 11.5 Å². The Morgan fingerprint density at radius 3 is 2.46 bits per heavy atom. The Labute approximate surface area is 398 Å². The highest BCUT2D eigenvalue weighted by Crippen LogP contribution is 2.29. The van der Waals surface area contributed by atoms with Crippen LogP contribution in [0.3, 0.4) is 0 Å². The molecule has 360 valence electrons. The number of rotatable bonds is 18. The standard InChI is InChI=1S/C52H65N9O7/c1-4-37-28-46-47(57-51(37)64)26-36(30-55-46)34-58-21-23-59(24-22-58)42-12-14-45(56-32-42)52(65)60-19-15-43(16-20-60)68-25-17-54-50(63)39-9-6-8-38(27-39)41-10-7-18-61(35-41)49(62)33-53-31-40-11-13-44(66-3)29-48(40)67-5-2/h6,8-9,11-14,26-30,32,41,43,53H,4-5,7,10,15-25,31,33-35H2,1-3H3,(H,54,63)(H,57,64)/t41-/m0/s1. The lowest BCUT2D eigenvalue weighted by atomic mass is 9.89. The van der Waals surface area contributed by atoms with Gasteiger partial charge in [0, 0.05) is 107 Å². The number of fused-ring (bicyclic) bond motifs is 1. The van der Waals surface area contributed by atoms with Crippen molar-refractivity contribution < 1.29 is 28.6 Å². The van der Waals surface area contributed by atoms with Crippen molar-refractivity contribution in [1.29, 1.82) is 0 Å². The van der Waals surface area contributed by atoms with Gasteiger partial charge >= 0.3 is 0 Å². The van der Waals surface area contributed by atoms with Gasteiger partial charge in [0.15, 0.2) is 0 Å². The maximum absolute atomic E-state index is 13.4. The summed E-state index contributed by atoms with van der Waals surface area (Å²) in [5.74, 6) is 1.43. The highest BCUT2D eigenvalue weighted by molar-refractivity contribution is 5.94. The molecule has 6 heterocycles. The number of aromatic amines is 1. The molecule has 0 saturated carbocycles. The van der Waals surface area contributed by atoms with Gasteiger partial charge in [-0.25, -0.2) is 4.98 Å². The van der Waals surface area contributed by atoms with E-state index in [1.165, 1.54) is 0 Å². The van der Waals surface area contributed by atoms with E-state index in [0.29, 0.717) is 83.0 Å². The fourth-order valence-electron chi connectivity index (χ4n) is 9.44. The maximum atomic E-state index is 13.4. The van der Waals surface area contributed by atoms with Crippen molar-refractivity contribution >= 4 is 34.4 Å². The van der Waals surface area contributed by atoms with Gasteiger partial charge in [-0.2, -0.15) is 0 Å². The van der Waals surface area contributed by atoms with Crippen LogP contribution in [0.25, 0.3) is 11.0 Å². The third-order valence-electron chi connectivity index (χ3n) is 13.3. The Hall–Kier alpha value is -6.36. The molecule has 3 aliphatic heterocycles. The molecule has 8 rings (SSSR count). The number of piperidine rings is 2. The molecule has 5 aromatic rings. The number of aryl methyl sites for hydroxylation is 1. The molecule has 68 heavy (non-hydrogen) atoms.